The summed E-state index contributed by atoms with van der Waals surface area (Å²) < 4.78 is 12.6. The zero-order valence-electron chi connectivity index (χ0n) is 14.2. The van der Waals surface area contributed by atoms with Crippen molar-refractivity contribution in [3.05, 3.63) is 12.2 Å². The van der Waals surface area contributed by atoms with Crippen molar-refractivity contribution in [3.8, 4) is 0 Å². The second-order valence-electron chi connectivity index (χ2n) is 4.73. The first-order valence-corrected chi connectivity index (χ1v) is 7.70. The molecule has 1 heterocycles. The molecular formula is C14H29IN6O2. The van der Waals surface area contributed by atoms with E-state index in [1.165, 1.54) is 6.33 Å². The van der Waals surface area contributed by atoms with Crippen LogP contribution in [0.3, 0.4) is 0 Å². The molecule has 9 heteroatoms. The second kappa shape index (κ2) is 14.6. The van der Waals surface area contributed by atoms with Crippen molar-refractivity contribution in [3.63, 3.8) is 0 Å². The normalized spacial score (nSPS) is 11.2. The number of guanidine groups is 1. The third-order valence-electron chi connectivity index (χ3n) is 3.00. The van der Waals surface area contributed by atoms with Gasteiger partial charge in [-0.05, 0) is 6.42 Å². The summed E-state index contributed by atoms with van der Waals surface area (Å²) in [6.45, 7) is 6.11. The van der Waals surface area contributed by atoms with Crippen molar-refractivity contribution in [1.82, 2.24) is 25.4 Å². The molecule has 0 bridgehead atoms. The summed E-state index contributed by atoms with van der Waals surface area (Å²) in [5.74, 6) is 1.56. The van der Waals surface area contributed by atoms with Crippen molar-refractivity contribution in [2.75, 3.05) is 40.0 Å². The number of nitrogens with zero attached hydrogens (tertiary/aromatic N) is 4. The minimum Gasteiger partial charge on any atom is -0.379 e. The minimum atomic E-state index is 0. The Morgan fingerprint density at radius 2 is 1.96 bits per heavy atom. The number of halogens is 1. The fraction of sp³-hybridized carbons (Fsp3) is 0.786. The van der Waals surface area contributed by atoms with Crippen LogP contribution in [0, 0.1) is 0 Å². The Labute approximate surface area is 155 Å². The maximum Gasteiger partial charge on any atom is 0.191 e. The summed E-state index contributed by atoms with van der Waals surface area (Å²) in [7, 11) is 3.59. The van der Waals surface area contributed by atoms with Crippen molar-refractivity contribution in [1.29, 1.82) is 0 Å². The number of hydrogen-bond donors (Lipinski definition) is 2. The van der Waals surface area contributed by atoms with Gasteiger partial charge in [-0.3, -0.25) is 9.67 Å². The lowest BCUT2D eigenvalue weighted by Crippen LogP contribution is -2.39. The zero-order chi connectivity index (χ0) is 16.0. The van der Waals surface area contributed by atoms with E-state index in [0.29, 0.717) is 38.9 Å². The van der Waals surface area contributed by atoms with E-state index in [1.807, 2.05) is 7.05 Å². The molecule has 0 unspecified atom stereocenters. The molecule has 134 valence electrons. The van der Waals surface area contributed by atoms with Crippen molar-refractivity contribution >= 4 is 29.9 Å². The Hall–Kier alpha value is -0.940. The molecule has 2 N–H and O–H groups in total. The van der Waals surface area contributed by atoms with Gasteiger partial charge < -0.3 is 20.1 Å². The van der Waals surface area contributed by atoms with E-state index < -0.39 is 0 Å². The van der Waals surface area contributed by atoms with Crippen molar-refractivity contribution in [2.24, 2.45) is 12.0 Å². The number of hydrogen-bond acceptors (Lipinski definition) is 5. The van der Waals surface area contributed by atoms with Gasteiger partial charge >= 0.3 is 0 Å². The van der Waals surface area contributed by atoms with E-state index in [0.717, 1.165) is 25.3 Å². The molecule has 0 saturated carbocycles. The number of rotatable bonds is 11. The van der Waals surface area contributed by atoms with Crippen LogP contribution in [-0.2, 0) is 23.1 Å². The molecule has 0 fully saturated rings. The summed E-state index contributed by atoms with van der Waals surface area (Å²) in [4.78, 5) is 8.28. The molecule has 0 aliphatic heterocycles. The Morgan fingerprint density at radius 3 is 2.57 bits per heavy atom. The molecular weight excluding hydrogens is 411 g/mol. The largest absolute Gasteiger partial charge is 0.379 e. The fourth-order valence-electron chi connectivity index (χ4n) is 1.67. The summed E-state index contributed by atoms with van der Waals surface area (Å²) >= 11 is 0. The van der Waals surface area contributed by atoms with Gasteiger partial charge in [0.2, 0.25) is 0 Å². The summed E-state index contributed by atoms with van der Waals surface area (Å²) in [5.41, 5.74) is 0. The second-order valence-corrected chi connectivity index (χ2v) is 4.73. The number of nitrogens with one attached hydrogen (secondary N) is 2. The quantitative estimate of drug-likeness (QED) is 0.231. The zero-order valence-corrected chi connectivity index (χ0v) is 16.6. The summed E-state index contributed by atoms with van der Waals surface area (Å²) in [5, 5.41) is 10.4. The van der Waals surface area contributed by atoms with Gasteiger partial charge in [-0.2, -0.15) is 5.10 Å². The number of aliphatic imine (C=N–C) groups is 1. The van der Waals surface area contributed by atoms with E-state index >= 15 is 0 Å². The first kappa shape index (κ1) is 22.1. The third kappa shape index (κ3) is 10.4. The summed E-state index contributed by atoms with van der Waals surface area (Å²) in [6.07, 6.45) is 3.80. The average Bonchev–Trinajstić information content (AvgIpc) is 2.94. The number of aryl methyl sites for hydroxylation is 1. The van der Waals surface area contributed by atoms with Crippen molar-refractivity contribution < 1.29 is 9.47 Å². The number of ether oxygens (including phenoxy) is 2. The Bertz CT molecular complexity index is 427. The van der Waals surface area contributed by atoms with Gasteiger partial charge in [0.25, 0.3) is 0 Å². The predicted octanol–water partition coefficient (Wildman–Crippen LogP) is 0.931. The van der Waals surface area contributed by atoms with Gasteiger partial charge in [0, 0.05) is 27.2 Å². The SMILES string of the molecule is CCCCOCCOCCNC(=NC)NCc1ncnn1C.I. The maximum atomic E-state index is 5.48. The van der Waals surface area contributed by atoms with Crippen LogP contribution >= 0.6 is 24.0 Å². The topological polar surface area (TPSA) is 85.6 Å². The highest BCUT2D eigenvalue weighted by atomic mass is 127. The highest BCUT2D eigenvalue weighted by Gasteiger charge is 2.02. The highest BCUT2D eigenvalue weighted by Crippen LogP contribution is 1.89. The fourth-order valence-corrected chi connectivity index (χ4v) is 1.67. The first-order valence-electron chi connectivity index (χ1n) is 7.70. The Balaban J connectivity index is 0.00000484. The van der Waals surface area contributed by atoms with E-state index in [9.17, 15) is 0 Å². The van der Waals surface area contributed by atoms with Gasteiger partial charge in [0.15, 0.2) is 5.96 Å². The Morgan fingerprint density at radius 1 is 1.22 bits per heavy atom. The molecule has 23 heavy (non-hydrogen) atoms. The molecule has 1 rings (SSSR count). The lowest BCUT2D eigenvalue weighted by atomic mass is 10.4. The molecule has 0 amide bonds. The molecule has 1 aromatic rings. The molecule has 0 aliphatic carbocycles. The maximum absolute atomic E-state index is 5.48. The molecule has 0 aromatic carbocycles. The van der Waals surface area contributed by atoms with Gasteiger partial charge in [0.1, 0.15) is 12.2 Å². The predicted molar refractivity (Wildman–Crippen MR) is 101 cm³/mol. The lowest BCUT2D eigenvalue weighted by Gasteiger charge is -2.11. The van der Waals surface area contributed by atoms with Crippen LogP contribution in [-0.4, -0.2) is 60.7 Å². The van der Waals surface area contributed by atoms with Crippen LogP contribution in [0.25, 0.3) is 0 Å². The first-order chi connectivity index (χ1) is 10.8. The molecule has 0 aliphatic rings. The number of unbranched alkanes of at least 4 members (excludes halogenated alkanes) is 1. The smallest absolute Gasteiger partial charge is 0.191 e. The van der Waals surface area contributed by atoms with Crippen molar-refractivity contribution in [2.45, 2.75) is 26.3 Å². The van der Waals surface area contributed by atoms with Gasteiger partial charge in [-0.15, -0.1) is 24.0 Å². The van der Waals surface area contributed by atoms with Gasteiger partial charge in [0.05, 0.1) is 26.4 Å². The molecule has 0 spiro atoms. The average molecular weight is 440 g/mol. The number of aromatic nitrogens is 3. The van der Waals surface area contributed by atoms with E-state index in [-0.39, 0.29) is 24.0 Å². The van der Waals surface area contributed by atoms with Crippen LogP contribution in [0.15, 0.2) is 11.3 Å². The van der Waals surface area contributed by atoms with Crippen LogP contribution in [0.2, 0.25) is 0 Å². The highest BCUT2D eigenvalue weighted by molar-refractivity contribution is 14.0. The van der Waals surface area contributed by atoms with Gasteiger partial charge in [-0.25, -0.2) is 4.98 Å². The van der Waals surface area contributed by atoms with E-state index in [2.05, 4.69) is 32.6 Å². The third-order valence-corrected chi connectivity index (χ3v) is 3.00. The van der Waals surface area contributed by atoms with Crippen LogP contribution in [0.5, 0.6) is 0 Å². The Kier molecular flexibility index (Phi) is 14.0. The minimum absolute atomic E-state index is 0. The van der Waals surface area contributed by atoms with Crippen LogP contribution in [0.4, 0.5) is 0 Å². The van der Waals surface area contributed by atoms with E-state index in [1.54, 1.807) is 11.7 Å². The van der Waals surface area contributed by atoms with Crippen LogP contribution in [0.1, 0.15) is 25.6 Å². The van der Waals surface area contributed by atoms with Crippen LogP contribution < -0.4 is 10.6 Å². The molecule has 0 radical (unpaired) electrons. The molecule has 0 atom stereocenters. The molecule has 1 aromatic heterocycles. The molecule has 8 nitrogen and oxygen atoms in total. The van der Waals surface area contributed by atoms with Gasteiger partial charge in [-0.1, -0.05) is 13.3 Å². The van der Waals surface area contributed by atoms with E-state index in [4.69, 9.17) is 9.47 Å². The lowest BCUT2D eigenvalue weighted by molar-refractivity contribution is 0.0487. The summed E-state index contributed by atoms with van der Waals surface area (Å²) in [6, 6.07) is 0. The molecule has 0 saturated heterocycles. The monoisotopic (exact) mass is 440 g/mol. The standard InChI is InChI=1S/C14H28N6O2.HI/c1-4-5-7-21-9-10-22-8-6-16-14(15-2)17-11-13-18-12-19-20(13)3;/h12H,4-11H2,1-3H3,(H2,15,16,17);1H.